The molecule has 2 heterocycles. The molecule has 2 aromatic carbocycles. The highest BCUT2D eigenvalue weighted by molar-refractivity contribution is 7.91. The van der Waals surface area contributed by atoms with Crippen molar-refractivity contribution in [2.24, 2.45) is 5.92 Å². The molecular weight excluding hydrogens is 396 g/mol. The number of nitrogens with one attached hydrogen (secondary N) is 1. The fourth-order valence-corrected chi connectivity index (χ4v) is 5.63. The number of aromatic amines is 1. The van der Waals surface area contributed by atoms with E-state index < -0.39 is 9.84 Å². The van der Waals surface area contributed by atoms with Gasteiger partial charge in [0.15, 0.2) is 11.1 Å². The lowest BCUT2D eigenvalue weighted by atomic mass is 9.98. The van der Waals surface area contributed by atoms with Crippen LogP contribution in [0.2, 0.25) is 0 Å². The molecule has 0 unspecified atom stereocenters. The van der Waals surface area contributed by atoms with Gasteiger partial charge in [0, 0.05) is 19.2 Å². The third-order valence-electron chi connectivity index (χ3n) is 6.25. The van der Waals surface area contributed by atoms with Crippen molar-refractivity contribution >= 4 is 26.4 Å². The predicted octanol–water partition coefficient (Wildman–Crippen LogP) is 4.35. The van der Waals surface area contributed by atoms with E-state index in [4.69, 9.17) is 4.74 Å². The number of methoxy groups -OCH3 is 1. The largest absolute Gasteiger partial charge is 0.497 e. The molecule has 4 rings (SSSR count). The molecule has 1 aliphatic heterocycles. The van der Waals surface area contributed by atoms with Crippen LogP contribution in [-0.4, -0.2) is 28.6 Å². The zero-order valence-electron chi connectivity index (χ0n) is 18.0. The molecule has 0 spiro atoms. The van der Waals surface area contributed by atoms with Crippen LogP contribution < -0.4 is 14.6 Å². The van der Waals surface area contributed by atoms with Crippen LogP contribution in [0.1, 0.15) is 30.9 Å². The summed E-state index contributed by atoms with van der Waals surface area (Å²) in [4.78, 5) is 6.07. The number of anilines is 1. The summed E-state index contributed by atoms with van der Waals surface area (Å²) in [5, 5.41) is 0.869. The van der Waals surface area contributed by atoms with Crippen LogP contribution in [0, 0.1) is 19.8 Å². The molecular formula is C24H29N2O3S+. The van der Waals surface area contributed by atoms with E-state index in [-0.39, 0.29) is 0 Å². The van der Waals surface area contributed by atoms with Crippen LogP contribution in [0.25, 0.3) is 10.9 Å². The van der Waals surface area contributed by atoms with Crippen molar-refractivity contribution in [3.05, 3.63) is 53.7 Å². The highest BCUT2D eigenvalue weighted by Gasteiger charge is 2.31. The van der Waals surface area contributed by atoms with Gasteiger partial charge < -0.3 is 9.64 Å². The molecule has 1 saturated heterocycles. The molecule has 5 nitrogen and oxygen atoms in total. The molecule has 1 N–H and O–H groups in total. The molecule has 3 aromatic rings. The van der Waals surface area contributed by atoms with E-state index >= 15 is 0 Å². The van der Waals surface area contributed by atoms with Crippen LogP contribution in [0.4, 0.5) is 5.69 Å². The highest BCUT2D eigenvalue weighted by atomic mass is 32.2. The van der Waals surface area contributed by atoms with E-state index in [2.05, 4.69) is 16.8 Å². The van der Waals surface area contributed by atoms with Gasteiger partial charge in [0.05, 0.1) is 23.1 Å². The predicted molar refractivity (Wildman–Crippen MR) is 119 cm³/mol. The van der Waals surface area contributed by atoms with E-state index in [9.17, 15) is 8.42 Å². The summed E-state index contributed by atoms with van der Waals surface area (Å²) in [6.07, 6.45) is 3.74. The second kappa shape index (κ2) is 7.91. The normalized spacial score (nSPS) is 15.5. The lowest BCUT2D eigenvalue weighted by molar-refractivity contribution is -0.347. The molecule has 1 aliphatic rings. The number of sulfone groups is 1. The number of nitrogens with zero attached hydrogens (tertiary/aromatic N) is 1. The number of fused-ring (bicyclic) bond motifs is 1. The Balaban J connectivity index is 1.96. The zero-order chi connectivity index (χ0) is 21.5. The monoisotopic (exact) mass is 425 g/mol. The molecule has 0 aliphatic carbocycles. The fourth-order valence-electron chi connectivity index (χ4n) is 4.09. The summed E-state index contributed by atoms with van der Waals surface area (Å²) in [6.45, 7) is 7.87. The molecule has 1 fully saturated rings. The van der Waals surface area contributed by atoms with Gasteiger partial charge in [-0.3, -0.25) is 0 Å². The number of pyridine rings is 1. The first-order chi connectivity index (χ1) is 14.3. The fraction of sp³-hybridized carbons (Fsp3) is 0.375. The molecule has 6 heteroatoms. The molecule has 0 bridgehead atoms. The minimum absolute atomic E-state index is 0.320. The van der Waals surface area contributed by atoms with E-state index in [1.165, 1.54) is 0 Å². The number of hydrogen-bond donors (Lipinski definition) is 0. The lowest BCUT2D eigenvalue weighted by Crippen LogP contribution is -2.34. The average Bonchev–Trinajstić information content (AvgIpc) is 2.75. The molecule has 1 aromatic heterocycles. The van der Waals surface area contributed by atoms with Gasteiger partial charge in [-0.2, -0.15) is 0 Å². The Morgan fingerprint density at radius 1 is 1.03 bits per heavy atom. The second-order valence-corrected chi connectivity index (χ2v) is 10.3. The second-order valence-electron chi connectivity index (χ2n) is 8.33. The quantitative estimate of drug-likeness (QED) is 0.624. The number of hydrogen-bond acceptors (Lipinski definition) is 4. The summed E-state index contributed by atoms with van der Waals surface area (Å²) in [5.74, 6) is 1.36. The third-order valence-corrected chi connectivity index (χ3v) is 8.02. The Bertz CT molecular complexity index is 1200. The number of benzene rings is 2. The van der Waals surface area contributed by atoms with Gasteiger partial charge in [-0.25, -0.2) is 13.4 Å². The number of ether oxygens (including phenoxy) is 1. The van der Waals surface area contributed by atoms with Crippen molar-refractivity contribution in [2.45, 2.75) is 43.4 Å². The number of piperidine rings is 1. The van der Waals surface area contributed by atoms with Gasteiger partial charge in [0.25, 0.3) is 0 Å². The van der Waals surface area contributed by atoms with Crippen molar-refractivity contribution in [3.8, 4) is 5.75 Å². The van der Waals surface area contributed by atoms with Crippen molar-refractivity contribution in [3.63, 3.8) is 0 Å². The molecule has 158 valence electrons. The molecule has 0 amide bonds. The Kier molecular flexibility index (Phi) is 5.45. The summed E-state index contributed by atoms with van der Waals surface area (Å²) in [5.41, 5.74) is 3.71. The van der Waals surface area contributed by atoms with Gasteiger partial charge in [-0.15, -0.1) is 0 Å². The van der Waals surface area contributed by atoms with Crippen molar-refractivity contribution in [1.29, 1.82) is 0 Å². The maximum atomic E-state index is 13.7. The summed E-state index contributed by atoms with van der Waals surface area (Å²) in [7, 11) is -2.07. The van der Waals surface area contributed by atoms with Crippen LogP contribution >= 0.6 is 0 Å². The number of aromatic nitrogens is 1. The Labute approximate surface area is 178 Å². The average molecular weight is 426 g/mol. The van der Waals surface area contributed by atoms with Gasteiger partial charge in [-0.1, -0.05) is 13.0 Å². The number of H-pyrrole nitrogens is 1. The Morgan fingerprint density at radius 2 is 1.77 bits per heavy atom. The van der Waals surface area contributed by atoms with Gasteiger partial charge in [-0.05, 0) is 68.0 Å². The maximum absolute atomic E-state index is 13.7. The van der Waals surface area contributed by atoms with E-state index in [1.807, 2.05) is 38.1 Å². The van der Waals surface area contributed by atoms with E-state index in [1.54, 1.807) is 25.4 Å². The van der Waals surface area contributed by atoms with Crippen LogP contribution in [0.3, 0.4) is 0 Å². The minimum Gasteiger partial charge on any atom is -0.497 e. The smallest absolute Gasteiger partial charge is 0.214 e. The SMILES string of the molecule is COc1ccc2[nH+]cc(S(=O)(=O)c3ccc(C)c(C)c3)c(N3CCC(C)CC3)c2c1. The maximum Gasteiger partial charge on any atom is 0.214 e. The van der Waals surface area contributed by atoms with E-state index in [0.29, 0.717) is 21.5 Å². The van der Waals surface area contributed by atoms with Gasteiger partial charge >= 0.3 is 0 Å². The first-order valence-electron chi connectivity index (χ1n) is 10.4. The van der Waals surface area contributed by atoms with Gasteiger partial charge in [0.1, 0.15) is 5.75 Å². The first-order valence-corrected chi connectivity index (χ1v) is 11.9. The van der Waals surface area contributed by atoms with E-state index in [0.717, 1.165) is 53.6 Å². The van der Waals surface area contributed by atoms with Crippen LogP contribution in [0.15, 0.2) is 52.4 Å². The van der Waals surface area contributed by atoms with Crippen molar-refractivity contribution < 1.29 is 18.1 Å². The molecule has 0 atom stereocenters. The Hall–Kier alpha value is -2.60. The molecule has 0 saturated carbocycles. The number of aryl methyl sites for hydroxylation is 2. The van der Waals surface area contributed by atoms with Gasteiger partial charge in [0.2, 0.25) is 15.4 Å². The first kappa shape index (κ1) is 20.7. The topological polar surface area (TPSA) is 60.8 Å². The molecule has 0 radical (unpaired) electrons. The Morgan fingerprint density at radius 3 is 2.43 bits per heavy atom. The highest BCUT2D eigenvalue weighted by Crippen LogP contribution is 2.38. The summed E-state index contributed by atoms with van der Waals surface area (Å²) >= 11 is 0. The van der Waals surface area contributed by atoms with Crippen LogP contribution in [0.5, 0.6) is 5.75 Å². The van der Waals surface area contributed by atoms with Crippen molar-refractivity contribution in [2.75, 3.05) is 25.1 Å². The molecule has 30 heavy (non-hydrogen) atoms. The lowest BCUT2D eigenvalue weighted by Gasteiger charge is -2.33. The van der Waals surface area contributed by atoms with Crippen LogP contribution in [-0.2, 0) is 9.84 Å². The minimum atomic E-state index is -3.70. The third kappa shape index (κ3) is 3.65. The standard InChI is InChI=1S/C24H28N2O3S/c1-16-9-11-26(12-10-16)24-21-14-19(29-4)6-8-22(21)25-15-23(24)30(27,28)20-7-5-17(2)18(3)13-20/h5-8,13-16H,9-12H2,1-4H3/p+1. The summed E-state index contributed by atoms with van der Waals surface area (Å²) < 4.78 is 32.9. The van der Waals surface area contributed by atoms with Crippen molar-refractivity contribution in [1.82, 2.24) is 0 Å². The zero-order valence-corrected chi connectivity index (χ0v) is 18.8. The summed E-state index contributed by atoms with van der Waals surface area (Å²) in [6, 6.07) is 11.1. The number of rotatable bonds is 4.